The zero-order valence-corrected chi connectivity index (χ0v) is 28.2. The third-order valence-corrected chi connectivity index (χ3v) is 10.7. The van der Waals surface area contributed by atoms with Crippen molar-refractivity contribution >= 4 is 39.6 Å². The zero-order chi connectivity index (χ0) is 34.2. The third-order valence-electron chi connectivity index (χ3n) is 10.7. The minimum atomic E-state index is -0.270. The predicted octanol–water partition coefficient (Wildman–Crippen LogP) is 11.1. The van der Waals surface area contributed by atoms with Gasteiger partial charge in [0.05, 0.1) is 11.0 Å². The standard InChI is InChI=1S/C48H30BNO2/c1-2-12-32(13-3-1)36-14-4-5-15-37(36)33-24-27-40-41-28-34(30-47-48(41)49(52-46(40)29-33)42-18-8-11-21-45(42)51-47)31-22-25-35(26-23-31)50-43-19-9-6-16-38(43)39-17-7-10-20-44(39)50/h1-30H. The van der Waals surface area contributed by atoms with Gasteiger partial charge in [0.25, 0.3) is 0 Å². The van der Waals surface area contributed by atoms with Crippen molar-refractivity contribution in [2.45, 2.75) is 0 Å². The van der Waals surface area contributed by atoms with E-state index in [2.05, 4.69) is 174 Å². The summed E-state index contributed by atoms with van der Waals surface area (Å²) in [6.07, 6.45) is 0. The summed E-state index contributed by atoms with van der Waals surface area (Å²) in [5, 5.41) is 2.52. The van der Waals surface area contributed by atoms with Crippen LogP contribution in [0.1, 0.15) is 0 Å². The number of rotatable bonds is 4. The van der Waals surface area contributed by atoms with E-state index < -0.39 is 0 Å². The van der Waals surface area contributed by atoms with E-state index in [-0.39, 0.29) is 6.92 Å². The summed E-state index contributed by atoms with van der Waals surface area (Å²) in [7, 11) is 0. The van der Waals surface area contributed by atoms with Crippen LogP contribution in [0.3, 0.4) is 0 Å². The van der Waals surface area contributed by atoms with Crippen molar-refractivity contribution < 1.29 is 9.39 Å². The van der Waals surface area contributed by atoms with Gasteiger partial charge in [-0.2, -0.15) is 0 Å². The van der Waals surface area contributed by atoms with Crippen molar-refractivity contribution in [2.75, 3.05) is 0 Å². The molecule has 2 aliphatic rings. The molecule has 2 aliphatic heterocycles. The number of ether oxygens (including phenoxy) is 1. The molecule has 8 aromatic carbocycles. The van der Waals surface area contributed by atoms with Gasteiger partial charge < -0.3 is 14.0 Å². The van der Waals surface area contributed by atoms with E-state index in [9.17, 15) is 0 Å². The van der Waals surface area contributed by atoms with Gasteiger partial charge in [-0.3, -0.25) is 0 Å². The summed E-state index contributed by atoms with van der Waals surface area (Å²) in [5.41, 5.74) is 14.8. The molecule has 242 valence electrons. The van der Waals surface area contributed by atoms with E-state index in [0.29, 0.717) is 0 Å². The molecule has 0 radical (unpaired) electrons. The topological polar surface area (TPSA) is 23.4 Å². The number of aromatic nitrogens is 1. The lowest BCUT2D eigenvalue weighted by Gasteiger charge is -2.33. The predicted molar refractivity (Wildman–Crippen MR) is 215 cm³/mol. The maximum Gasteiger partial charge on any atom is 0.434 e. The highest BCUT2D eigenvalue weighted by Gasteiger charge is 2.41. The second-order valence-electron chi connectivity index (χ2n) is 13.6. The van der Waals surface area contributed by atoms with Gasteiger partial charge in [-0.25, -0.2) is 0 Å². The number of hydrogen-bond acceptors (Lipinski definition) is 2. The highest BCUT2D eigenvalue weighted by Crippen LogP contribution is 2.44. The van der Waals surface area contributed by atoms with Gasteiger partial charge >= 0.3 is 6.92 Å². The van der Waals surface area contributed by atoms with Crippen LogP contribution in [0, 0.1) is 0 Å². The second kappa shape index (κ2) is 11.4. The van der Waals surface area contributed by atoms with Crippen LogP contribution in [0.15, 0.2) is 182 Å². The highest BCUT2D eigenvalue weighted by molar-refractivity contribution is 6.84. The quantitative estimate of drug-likeness (QED) is 0.175. The summed E-state index contributed by atoms with van der Waals surface area (Å²) in [6, 6.07) is 64.8. The molecule has 52 heavy (non-hydrogen) atoms. The summed E-state index contributed by atoms with van der Waals surface area (Å²) < 4.78 is 16.0. The first-order chi connectivity index (χ1) is 25.8. The maximum absolute atomic E-state index is 6.96. The van der Waals surface area contributed by atoms with Crippen molar-refractivity contribution in [1.29, 1.82) is 0 Å². The Kier molecular flexibility index (Phi) is 6.35. The van der Waals surface area contributed by atoms with Crippen LogP contribution in [0.25, 0.3) is 72.0 Å². The number of para-hydroxylation sites is 3. The second-order valence-corrected chi connectivity index (χ2v) is 13.6. The Labute approximate surface area is 302 Å². The van der Waals surface area contributed by atoms with Gasteiger partial charge in [0.15, 0.2) is 0 Å². The summed E-state index contributed by atoms with van der Waals surface area (Å²) in [5.74, 6) is 2.55. The smallest absolute Gasteiger partial charge is 0.434 e. The van der Waals surface area contributed by atoms with Gasteiger partial charge in [0.2, 0.25) is 0 Å². The molecule has 3 nitrogen and oxygen atoms in total. The number of nitrogens with zero attached hydrogens (tertiary/aromatic N) is 1. The van der Waals surface area contributed by atoms with Crippen LogP contribution >= 0.6 is 0 Å². The molecule has 0 atom stereocenters. The summed E-state index contributed by atoms with van der Waals surface area (Å²) in [4.78, 5) is 0. The molecule has 0 unspecified atom stereocenters. The van der Waals surface area contributed by atoms with E-state index in [1.165, 1.54) is 38.5 Å². The van der Waals surface area contributed by atoms with Gasteiger partial charge in [-0.15, -0.1) is 0 Å². The largest absolute Gasteiger partial charge is 0.551 e. The van der Waals surface area contributed by atoms with E-state index >= 15 is 0 Å². The molecule has 4 heteroatoms. The van der Waals surface area contributed by atoms with Gasteiger partial charge in [-0.05, 0) is 87.5 Å². The van der Waals surface area contributed by atoms with E-state index in [4.69, 9.17) is 9.39 Å². The Morgan fingerprint density at radius 1 is 0.385 bits per heavy atom. The normalized spacial score (nSPS) is 12.5. The molecule has 0 saturated heterocycles. The van der Waals surface area contributed by atoms with Crippen molar-refractivity contribution in [1.82, 2.24) is 4.57 Å². The van der Waals surface area contributed by atoms with Crippen molar-refractivity contribution in [3.05, 3.63) is 182 Å². The molecule has 3 heterocycles. The Morgan fingerprint density at radius 2 is 1.00 bits per heavy atom. The first kappa shape index (κ1) is 29.0. The number of benzene rings is 8. The molecule has 11 rings (SSSR count). The van der Waals surface area contributed by atoms with Gasteiger partial charge in [0, 0.05) is 32.9 Å². The number of fused-ring (bicyclic) bond motifs is 7. The van der Waals surface area contributed by atoms with Crippen LogP contribution in [0.5, 0.6) is 17.2 Å². The Bertz CT molecular complexity index is 2800. The third kappa shape index (κ3) is 4.41. The fourth-order valence-electron chi connectivity index (χ4n) is 8.30. The first-order valence-electron chi connectivity index (χ1n) is 17.8. The van der Waals surface area contributed by atoms with Crippen molar-refractivity contribution in [2.24, 2.45) is 0 Å². The van der Waals surface area contributed by atoms with Gasteiger partial charge in [0.1, 0.15) is 17.2 Å². The lowest BCUT2D eigenvalue weighted by molar-refractivity contribution is 0.479. The SMILES string of the molecule is c1ccc(-c2ccccc2-c2ccc3c(c2)OB2c4ccccc4Oc4cc(-c5ccc(-n6c7ccccc7c7ccccc76)cc5)cc-3c42)cc1. The first-order valence-corrected chi connectivity index (χ1v) is 17.8. The van der Waals surface area contributed by atoms with Crippen LogP contribution in [-0.2, 0) is 0 Å². The van der Waals surface area contributed by atoms with E-state index in [1.54, 1.807) is 0 Å². The fourth-order valence-corrected chi connectivity index (χ4v) is 8.30. The molecule has 0 N–H and O–H groups in total. The molecule has 0 saturated carbocycles. The minimum Gasteiger partial charge on any atom is -0.551 e. The van der Waals surface area contributed by atoms with Crippen LogP contribution in [-0.4, -0.2) is 11.5 Å². The average molecular weight is 664 g/mol. The molecule has 0 aliphatic carbocycles. The zero-order valence-electron chi connectivity index (χ0n) is 28.2. The molecular weight excluding hydrogens is 633 g/mol. The fraction of sp³-hybridized carbons (Fsp3) is 0. The monoisotopic (exact) mass is 663 g/mol. The van der Waals surface area contributed by atoms with Crippen molar-refractivity contribution in [3.8, 4) is 67.4 Å². The summed E-state index contributed by atoms with van der Waals surface area (Å²) >= 11 is 0. The Hall–Kier alpha value is -6.78. The number of hydrogen-bond donors (Lipinski definition) is 0. The lowest BCUT2D eigenvalue weighted by atomic mass is 9.50. The molecule has 0 amide bonds. The van der Waals surface area contributed by atoms with Crippen molar-refractivity contribution in [3.63, 3.8) is 0 Å². The van der Waals surface area contributed by atoms with Crippen LogP contribution in [0.4, 0.5) is 0 Å². The minimum absolute atomic E-state index is 0.270. The maximum atomic E-state index is 6.96. The van der Waals surface area contributed by atoms with Crippen LogP contribution in [0.2, 0.25) is 0 Å². The Morgan fingerprint density at radius 3 is 1.77 bits per heavy atom. The highest BCUT2D eigenvalue weighted by atomic mass is 16.5. The average Bonchev–Trinajstić information content (AvgIpc) is 3.55. The van der Waals surface area contributed by atoms with Gasteiger partial charge in [-0.1, -0.05) is 133 Å². The molecule has 0 bridgehead atoms. The molecular formula is C48H30BNO2. The molecule has 1 aromatic heterocycles. The summed E-state index contributed by atoms with van der Waals surface area (Å²) in [6.45, 7) is -0.270. The lowest BCUT2D eigenvalue weighted by Crippen LogP contribution is -2.53. The van der Waals surface area contributed by atoms with E-state index in [0.717, 1.165) is 61.7 Å². The van der Waals surface area contributed by atoms with E-state index in [1.807, 2.05) is 12.1 Å². The molecule has 0 spiro atoms. The molecule has 9 aromatic rings. The Balaban J connectivity index is 1.05. The van der Waals surface area contributed by atoms with Crippen LogP contribution < -0.4 is 20.3 Å². The molecule has 0 fully saturated rings.